The number of piperidine rings is 1. The van der Waals surface area contributed by atoms with E-state index in [2.05, 4.69) is 4.90 Å². The monoisotopic (exact) mass is 331 g/mol. The zero-order valence-corrected chi connectivity index (χ0v) is 14.0. The predicted molar refractivity (Wildman–Crippen MR) is 84.8 cm³/mol. The second-order valence-corrected chi connectivity index (χ2v) is 7.94. The lowest BCUT2D eigenvalue weighted by molar-refractivity contribution is 0.187. The smallest absolute Gasteiger partial charge is 0.243 e. The first kappa shape index (κ1) is 16.7. The third-order valence-electron chi connectivity index (χ3n) is 4.03. The Morgan fingerprint density at radius 2 is 2.19 bits per heavy atom. The molecular weight excluding hydrogens is 310 g/mol. The summed E-state index contributed by atoms with van der Waals surface area (Å²) in [5, 5.41) is 0.497. The van der Waals surface area contributed by atoms with Gasteiger partial charge in [-0.3, -0.25) is 0 Å². The molecule has 7 heteroatoms. The molecule has 0 saturated carbocycles. The Morgan fingerprint density at radius 1 is 1.48 bits per heavy atom. The van der Waals surface area contributed by atoms with Gasteiger partial charge in [0.05, 0.1) is 4.90 Å². The predicted octanol–water partition coefficient (Wildman–Crippen LogP) is 1.51. The van der Waals surface area contributed by atoms with Crippen molar-refractivity contribution < 1.29 is 8.42 Å². The largest absolute Gasteiger partial charge is 0.326 e. The molecule has 1 atom stereocenters. The Bertz CT molecular complexity index is 606. The van der Waals surface area contributed by atoms with Gasteiger partial charge in [0.1, 0.15) is 0 Å². The van der Waals surface area contributed by atoms with Gasteiger partial charge in [-0.2, -0.15) is 4.31 Å². The van der Waals surface area contributed by atoms with E-state index in [-0.39, 0.29) is 17.5 Å². The minimum Gasteiger partial charge on any atom is -0.326 e. The molecule has 1 aliphatic heterocycles. The summed E-state index contributed by atoms with van der Waals surface area (Å²) < 4.78 is 27.0. The summed E-state index contributed by atoms with van der Waals surface area (Å²) in [6.07, 6.45) is 1.90. The van der Waals surface area contributed by atoms with Crippen molar-refractivity contribution in [3.63, 3.8) is 0 Å². The molecule has 1 saturated heterocycles. The highest BCUT2D eigenvalue weighted by atomic mass is 35.5. The molecule has 1 aromatic rings. The number of likely N-dealkylation sites (tertiary alicyclic amines) is 1. The van der Waals surface area contributed by atoms with Gasteiger partial charge in [0.15, 0.2) is 0 Å². The SMILES string of the molecule is CN1CCCC(N(C)S(=O)(=O)c2ccc(Cl)c(CN)c2)C1. The molecule has 1 fully saturated rings. The fourth-order valence-electron chi connectivity index (χ4n) is 2.67. The van der Waals surface area contributed by atoms with Gasteiger partial charge >= 0.3 is 0 Å². The fourth-order valence-corrected chi connectivity index (χ4v) is 4.29. The van der Waals surface area contributed by atoms with Crippen LogP contribution < -0.4 is 5.73 Å². The summed E-state index contributed by atoms with van der Waals surface area (Å²) in [7, 11) is 0.145. The van der Waals surface area contributed by atoms with Crippen LogP contribution in [0.5, 0.6) is 0 Å². The number of rotatable bonds is 4. The first-order valence-corrected chi connectivity index (χ1v) is 8.83. The van der Waals surface area contributed by atoms with Gasteiger partial charge < -0.3 is 10.6 Å². The van der Waals surface area contributed by atoms with Crippen molar-refractivity contribution in [1.82, 2.24) is 9.21 Å². The molecule has 21 heavy (non-hydrogen) atoms. The molecule has 1 heterocycles. The van der Waals surface area contributed by atoms with Crippen molar-refractivity contribution in [1.29, 1.82) is 0 Å². The zero-order chi connectivity index (χ0) is 15.6. The number of hydrogen-bond donors (Lipinski definition) is 1. The van der Waals surface area contributed by atoms with E-state index >= 15 is 0 Å². The van der Waals surface area contributed by atoms with E-state index in [1.165, 1.54) is 4.31 Å². The van der Waals surface area contributed by atoms with Crippen LogP contribution in [0.1, 0.15) is 18.4 Å². The van der Waals surface area contributed by atoms with E-state index in [1.807, 2.05) is 7.05 Å². The van der Waals surface area contributed by atoms with Gasteiger partial charge in [-0.1, -0.05) is 11.6 Å². The summed E-state index contributed by atoms with van der Waals surface area (Å²) in [5.74, 6) is 0. The molecular formula is C14H22ClN3O2S. The quantitative estimate of drug-likeness (QED) is 0.908. The number of hydrogen-bond acceptors (Lipinski definition) is 4. The third-order valence-corrected chi connectivity index (χ3v) is 6.30. The van der Waals surface area contributed by atoms with E-state index in [0.717, 1.165) is 25.9 Å². The van der Waals surface area contributed by atoms with Crippen molar-refractivity contribution in [3.05, 3.63) is 28.8 Å². The fraction of sp³-hybridized carbons (Fsp3) is 0.571. The molecule has 0 radical (unpaired) electrons. The molecule has 0 aliphatic carbocycles. The molecule has 2 N–H and O–H groups in total. The van der Waals surface area contributed by atoms with Gasteiger partial charge in [0.25, 0.3) is 0 Å². The van der Waals surface area contributed by atoms with Crippen molar-refractivity contribution in [2.24, 2.45) is 5.73 Å². The van der Waals surface area contributed by atoms with Crippen LogP contribution in [0.25, 0.3) is 0 Å². The number of likely N-dealkylation sites (N-methyl/N-ethyl adjacent to an activating group) is 2. The van der Waals surface area contributed by atoms with Crippen LogP contribution in [-0.4, -0.2) is 50.8 Å². The first-order valence-electron chi connectivity index (χ1n) is 7.01. The van der Waals surface area contributed by atoms with Gasteiger partial charge in [0.2, 0.25) is 10.0 Å². The maximum atomic E-state index is 12.7. The highest BCUT2D eigenvalue weighted by Gasteiger charge is 2.30. The molecule has 0 amide bonds. The molecule has 118 valence electrons. The topological polar surface area (TPSA) is 66.6 Å². The minimum atomic E-state index is -3.52. The van der Waals surface area contributed by atoms with E-state index in [0.29, 0.717) is 10.6 Å². The van der Waals surface area contributed by atoms with E-state index in [1.54, 1.807) is 25.2 Å². The van der Waals surface area contributed by atoms with Gasteiger partial charge in [-0.15, -0.1) is 0 Å². The summed E-state index contributed by atoms with van der Waals surface area (Å²) in [6, 6.07) is 4.71. The average molecular weight is 332 g/mol. The maximum absolute atomic E-state index is 12.7. The van der Waals surface area contributed by atoms with E-state index < -0.39 is 10.0 Å². The van der Waals surface area contributed by atoms with Crippen LogP contribution in [-0.2, 0) is 16.6 Å². The van der Waals surface area contributed by atoms with Crippen molar-refractivity contribution in [2.75, 3.05) is 27.2 Å². The Labute approximate surface area is 131 Å². The lowest BCUT2D eigenvalue weighted by Crippen LogP contribution is -2.47. The Hall–Kier alpha value is -0.660. The van der Waals surface area contributed by atoms with Crippen LogP contribution in [0.3, 0.4) is 0 Å². The summed E-state index contributed by atoms with van der Waals surface area (Å²) in [5.41, 5.74) is 6.25. The third kappa shape index (κ3) is 3.57. The van der Waals surface area contributed by atoms with Crippen molar-refractivity contribution in [3.8, 4) is 0 Å². The molecule has 1 aromatic carbocycles. The van der Waals surface area contributed by atoms with Gasteiger partial charge in [-0.05, 0) is 50.2 Å². The molecule has 2 rings (SSSR count). The molecule has 0 bridgehead atoms. The zero-order valence-electron chi connectivity index (χ0n) is 12.4. The number of halogens is 1. The standard InChI is InChI=1S/C14H22ClN3O2S/c1-17-7-3-4-12(10-17)18(2)21(19,20)13-5-6-14(15)11(8-13)9-16/h5-6,8,12H,3-4,7,9-10,16H2,1-2H3. The summed E-state index contributed by atoms with van der Waals surface area (Å²) >= 11 is 6.00. The minimum absolute atomic E-state index is 0.00533. The van der Waals surface area contributed by atoms with Crippen LogP contribution >= 0.6 is 11.6 Å². The van der Waals surface area contributed by atoms with Crippen LogP contribution in [0.4, 0.5) is 0 Å². The van der Waals surface area contributed by atoms with Crippen LogP contribution in [0, 0.1) is 0 Å². The Kier molecular flexibility index (Phi) is 5.27. The second-order valence-electron chi connectivity index (χ2n) is 5.54. The Morgan fingerprint density at radius 3 is 2.81 bits per heavy atom. The highest BCUT2D eigenvalue weighted by molar-refractivity contribution is 7.89. The number of nitrogens with zero attached hydrogens (tertiary/aromatic N) is 2. The van der Waals surface area contributed by atoms with Gasteiger partial charge in [-0.25, -0.2) is 8.42 Å². The van der Waals surface area contributed by atoms with Crippen molar-refractivity contribution in [2.45, 2.75) is 30.3 Å². The van der Waals surface area contributed by atoms with E-state index in [9.17, 15) is 8.42 Å². The summed E-state index contributed by atoms with van der Waals surface area (Å²) in [4.78, 5) is 2.41. The normalized spacial score (nSPS) is 20.9. The van der Waals surface area contributed by atoms with Crippen molar-refractivity contribution >= 4 is 21.6 Å². The van der Waals surface area contributed by atoms with Crippen LogP contribution in [0.2, 0.25) is 5.02 Å². The molecule has 5 nitrogen and oxygen atoms in total. The van der Waals surface area contributed by atoms with Gasteiger partial charge in [0, 0.05) is 31.2 Å². The maximum Gasteiger partial charge on any atom is 0.243 e. The number of benzene rings is 1. The number of sulfonamides is 1. The molecule has 1 aliphatic rings. The molecule has 0 spiro atoms. The molecule has 1 unspecified atom stereocenters. The average Bonchev–Trinajstić information content (AvgIpc) is 2.46. The summed E-state index contributed by atoms with van der Waals surface area (Å²) in [6.45, 7) is 1.99. The molecule has 0 aromatic heterocycles. The Balaban J connectivity index is 2.28. The van der Waals surface area contributed by atoms with Crippen LogP contribution in [0.15, 0.2) is 23.1 Å². The number of nitrogens with two attached hydrogens (primary N) is 1. The second kappa shape index (κ2) is 6.62. The highest BCUT2D eigenvalue weighted by Crippen LogP contribution is 2.25. The first-order chi connectivity index (χ1) is 9.86. The lowest BCUT2D eigenvalue weighted by atomic mass is 10.1. The van der Waals surface area contributed by atoms with E-state index in [4.69, 9.17) is 17.3 Å². The lowest BCUT2D eigenvalue weighted by Gasteiger charge is -2.35.